The highest BCUT2D eigenvalue weighted by Gasteiger charge is 2.11. The summed E-state index contributed by atoms with van der Waals surface area (Å²) in [5.41, 5.74) is 1.14. The van der Waals surface area contributed by atoms with Crippen molar-refractivity contribution in [2.24, 2.45) is 0 Å². The summed E-state index contributed by atoms with van der Waals surface area (Å²) in [5.74, 6) is -0.346. The fourth-order valence-corrected chi connectivity index (χ4v) is 2.22. The van der Waals surface area contributed by atoms with Crippen molar-refractivity contribution in [2.75, 3.05) is 5.32 Å². The molecular formula is C14H7BrCl2N2O. The fraction of sp³-hybridized carbons (Fsp3) is 0. The van der Waals surface area contributed by atoms with Crippen molar-refractivity contribution < 1.29 is 4.79 Å². The first-order valence-electron chi connectivity index (χ1n) is 5.47. The maximum atomic E-state index is 12.1. The van der Waals surface area contributed by atoms with Crippen LogP contribution in [-0.2, 0) is 0 Å². The lowest BCUT2D eigenvalue weighted by Crippen LogP contribution is -2.12. The lowest BCUT2D eigenvalue weighted by Gasteiger charge is -2.08. The van der Waals surface area contributed by atoms with E-state index in [-0.39, 0.29) is 5.91 Å². The van der Waals surface area contributed by atoms with Crippen LogP contribution in [0.5, 0.6) is 0 Å². The molecule has 0 radical (unpaired) electrons. The van der Waals surface area contributed by atoms with Crippen molar-refractivity contribution in [1.29, 1.82) is 5.26 Å². The average Bonchev–Trinajstić information content (AvgIpc) is 2.42. The summed E-state index contributed by atoms with van der Waals surface area (Å²) in [5, 5.41) is 12.6. The molecule has 0 atom stereocenters. The molecule has 0 unspecified atom stereocenters. The average molecular weight is 370 g/mol. The molecule has 1 amide bonds. The number of hydrogen-bond donors (Lipinski definition) is 1. The van der Waals surface area contributed by atoms with E-state index >= 15 is 0 Å². The highest BCUT2D eigenvalue weighted by Crippen LogP contribution is 2.25. The standard InChI is InChI=1S/C14H7BrCl2N2O/c15-11-5-8(2-4-12(11)17)14(20)19-13-6-10(16)3-1-9(13)7-18/h1-6H,(H,19,20). The maximum absolute atomic E-state index is 12.1. The first-order valence-corrected chi connectivity index (χ1v) is 7.02. The smallest absolute Gasteiger partial charge is 0.255 e. The van der Waals surface area contributed by atoms with Gasteiger partial charge in [-0.25, -0.2) is 0 Å². The fourth-order valence-electron chi connectivity index (χ4n) is 1.55. The van der Waals surface area contributed by atoms with E-state index in [1.54, 1.807) is 30.3 Å². The van der Waals surface area contributed by atoms with Gasteiger partial charge in [-0.2, -0.15) is 5.26 Å². The van der Waals surface area contributed by atoms with Crippen LogP contribution in [0, 0.1) is 11.3 Å². The summed E-state index contributed by atoms with van der Waals surface area (Å²) in [6, 6.07) is 11.5. The van der Waals surface area contributed by atoms with Gasteiger partial charge in [-0.1, -0.05) is 23.2 Å². The second-order valence-corrected chi connectivity index (χ2v) is 5.58. The number of carbonyl (C=O) groups is 1. The molecule has 2 aromatic carbocycles. The molecule has 3 nitrogen and oxygen atoms in total. The Hall–Kier alpha value is -1.54. The van der Waals surface area contributed by atoms with Crippen molar-refractivity contribution in [3.63, 3.8) is 0 Å². The van der Waals surface area contributed by atoms with Crippen LogP contribution in [0.2, 0.25) is 10.0 Å². The predicted octanol–water partition coefficient (Wildman–Crippen LogP) is 4.88. The van der Waals surface area contributed by atoms with Crippen LogP contribution in [0.1, 0.15) is 15.9 Å². The van der Waals surface area contributed by atoms with E-state index in [2.05, 4.69) is 21.2 Å². The van der Waals surface area contributed by atoms with E-state index in [0.717, 1.165) is 0 Å². The van der Waals surface area contributed by atoms with Crippen LogP contribution in [0.25, 0.3) is 0 Å². The van der Waals surface area contributed by atoms with Gasteiger partial charge in [-0.05, 0) is 52.3 Å². The monoisotopic (exact) mass is 368 g/mol. The topological polar surface area (TPSA) is 52.9 Å². The Morgan fingerprint density at radius 3 is 2.60 bits per heavy atom. The minimum absolute atomic E-state index is 0.343. The number of carbonyl (C=O) groups excluding carboxylic acids is 1. The Balaban J connectivity index is 2.30. The lowest BCUT2D eigenvalue weighted by molar-refractivity contribution is 0.102. The Labute approximate surface area is 134 Å². The summed E-state index contributed by atoms with van der Waals surface area (Å²) >= 11 is 15.0. The van der Waals surface area contributed by atoms with Gasteiger partial charge in [-0.15, -0.1) is 0 Å². The van der Waals surface area contributed by atoms with Crippen LogP contribution >= 0.6 is 39.1 Å². The van der Waals surface area contributed by atoms with Gasteiger partial charge in [0, 0.05) is 15.1 Å². The van der Waals surface area contributed by atoms with Crippen LogP contribution in [0.15, 0.2) is 40.9 Å². The van der Waals surface area contributed by atoms with Crippen LogP contribution < -0.4 is 5.32 Å². The zero-order chi connectivity index (χ0) is 14.7. The molecule has 0 heterocycles. The van der Waals surface area contributed by atoms with Crippen molar-refractivity contribution in [2.45, 2.75) is 0 Å². The molecule has 2 aromatic rings. The van der Waals surface area contributed by atoms with Crippen LogP contribution in [0.3, 0.4) is 0 Å². The number of halogens is 3. The summed E-state index contributed by atoms with van der Waals surface area (Å²) in [6.45, 7) is 0. The van der Waals surface area contributed by atoms with E-state index in [1.807, 2.05) is 6.07 Å². The molecule has 0 aromatic heterocycles. The van der Waals surface area contributed by atoms with Gasteiger partial charge in [-0.3, -0.25) is 4.79 Å². The Bertz CT molecular complexity index is 726. The van der Waals surface area contributed by atoms with Crippen LogP contribution in [0.4, 0.5) is 5.69 Å². The molecule has 20 heavy (non-hydrogen) atoms. The Kier molecular flexibility index (Phi) is 4.66. The van der Waals surface area contributed by atoms with Gasteiger partial charge in [0.05, 0.1) is 16.3 Å². The molecule has 0 aliphatic heterocycles. The summed E-state index contributed by atoms with van der Waals surface area (Å²) in [4.78, 5) is 12.1. The number of hydrogen-bond acceptors (Lipinski definition) is 2. The van der Waals surface area contributed by atoms with Gasteiger partial charge in [0.15, 0.2) is 0 Å². The molecule has 100 valence electrons. The molecule has 0 saturated carbocycles. The Morgan fingerprint density at radius 2 is 1.95 bits per heavy atom. The third-order valence-corrected chi connectivity index (χ3v) is 3.98. The molecule has 0 spiro atoms. The summed E-state index contributed by atoms with van der Waals surface area (Å²) < 4.78 is 0.624. The molecule has 0 aliphatic rings. The minimum Gasteiger partial charge on any atom is -0.321 e. The number of benzene rings is 2. The largest absolute Gasteiger partial charge is 0.321 e. The second kappa shape index (κ2) is 6.27. The lowest BCUT2D eigenvalue weighted by atomic mass is 10.1. The van der Waals surface area contributed by atoms with Gasteiger partial charge < -0.3 is 5.32 Å². The van der Waals surface area contributed by atoms with Gasteiger partial charge >= 0.3 is 0 Å². The van der Waals surface area contributed by atoms with Gasteiger partial charge in [0.1, 0.15) is 6.07 Å². The van der Waals surface area contributed by atoms with E-state index in [1.165, 1.54) is 6.07 Å². The molecule has 0 saturated heterocycles. The first-order chi connectivity index (χ1) is 9.51. The molecule has 0 aliphatic carbocycles. The Morgan fingerprint density at radius 1 is 1.20 bits per heavy atom. The number of nitrogens with one attached hydrogen (secondary N) is 1. The van der Waals surface area contributed by atoms with Crippen LogP contribution in [-0.4, -0.2) is 5.91 Å². The zero-order valence-corrected chi connectivity index (χ0v) is 13.1. The molecule has 6 heteroatoms. The normalized spacial score (nSPS) is 9.90. The number of amides is 1. The maximum Gasteiger partial charge on any atom is 0.255 e. The highest BCUT2D eigenvalue weighted by atomic mass is 79.9. The third-order valence-electron chi connectivity index (χ3n) is 2.53. The van der Waals surface area contributed by atoms with E-state index in [9.17, 15) is 4.79 Å². The van der Waals surface area contributed by atoms with Gasteiger partial charge in [0.2, 0.25) is 0 Å². The zero-order valence-electron chi connectivity index (χ0n) is 9.95. The number of nitriles is 1. The van der Waals surface area contributed by atoms with Gasteiger partial charge in [0.25, 0.3) is 5.91 Å². The number of nitrogens with zero attached hydrogens (tertiary/aromatic N) is 1. The van der Waals surface area contributed by atoms with Crippen molar-refractivity contribution >= 4 is 50.7 Å². The molecule has 1 N–H and O–H groups in total. The van der Waals surface area contributed by atoms with Crippen molar-refractivity contribution in [1.82, 2.24) is 0 Å². The molecule has 0 fully saturated rings. The van der Waals surface area contributed by atoms with E-state index in [4.69, 9.17) is 28.5 Å². The molecule has 2 rings (SSSR count). The molecule has 0 bridgehead atoms. The highest BCUT2D eigenvalue weighted by molar-refractivity contribution is 9.10. The summed E-state index contributed by atoms with van der Waals surface area (Å²) in [7, 11) is 0. The third kappa shape index (κ3) is 3.31. The predicted molar refractivity (Wildman–Crippen MR) is 83.3 cm³/mol. The number of anilines is 1. The quantitative estimate of drug-likeness (QED) is 0.820. The second-order valence-electron chi connectivity index (χ2n) is 3.88. The molecular weight excluding hydrogens is 363 g/mol. The SMILES string of the molecule is N#Cc1ccc(Cl)cc1NC(=O)c1ccc(Cl)c(Br)c1. The minimum atomic E-state index is -0.346. The first kappa shape index (κ1) is 14.9. The number of rotatable bonds is 2. The van der Waals surface area contributed by atoms with Crippen molar-refractivity contribution in [3.05, 3.63) is 62.0 Å². The van der Waals surface area contributed by atoms with E-state index < -0.39 is 0 Å². The summed E-state index contributed by atoms with van der Waals surface area (Å²) in [6.07, 6.45) is 0. The van der Waals surface area contributed by atoms with E-state index in [0.29, 0.717) is 31.3 Å². The van der Waals surface area contributed by atoms with Crippen molar-refractivity contribution in [3.8, 4) is 6.07 Å².